The number of aromatic nitrogens is 3. The quantitative estimate of drug-likeness (QED) is 0.499. The molecule has 10 heteroatoms. The van der Waals surface area contributed by atoms with Gasteiger partial charge in [0.05, 0.1) is 5.56 Å². The van der Waals surface area contributed by atoms with E-state index in [2.05, 4.69) is 15.0 Å². The highest BCUT2D eigenvalue weighted by Gasteiger charge is 2.33. The van der Waals surface area contributed by atoms with Crippen LogP contribution in [0.3, 0.4) is 0 Å². The molecule has 2 aliphatic rings. The van der Waals surface area contributed by atoms with E-state index in [9.17, 15) is 18.0 Å². The van der Waals surface area contributed by atoms with Gasteiger partial charge in [0.15, 0.2) is 0 Å². The lowest BCUT2D eigenvalue weighted by Gasteiger charge is -2.31. The summed E-state index contributed by atoms with van der Waals surface area (Å²) in [5, 5.41) is 4.62. The molecule has 3 heterocycles. The number of nitrogens with zero attached hydrogens (tertiary/aromatic N) is 5. The number of fused-ring (bicyclic) bond motifs is 1. The molecule has 1 aromatic carbocycles. The summed E-state index contributed by atoms with van der Waals surface area (Å²) >= 11 is 0. The van der Waals surface area contributed by atoms with Gasteiger partial charge in [-0.1, -0.05) is 30.6 Å². The van der Waals surface area contributed by atoms with Gasteiger partial charge in [-0.15, -0.1) is 0 Å². The number of hydrogen-bond acceptors (Lipinski definition) is 6. The molecular weight excluding hydrogens is 459 g/mol. The van der Waals surface area contributed by atoms with Gasteiger partial charge in [0, 0.05) is 44.1 Å². The molecule has 2 fully saturated rings. The fourth-order valence-electron chi connectivity index (χ4n) is 4.75. The summed E-state index contributed by atoms with van der Waals surface area (Å²) in [6.07, 6.45) is 0.828. The zero-order valence-electron chi connectivity index (χ0n) is 19.6. The molecule has 0 radical (unpaired) electrons. The third-order valence-electron chi connectivity index (χ3n) is 6.86. The number of halogens is 3. The fraction of sp³-hybridized carbons (Fsp3) is 0.520. The summed E-state index contributed by atoms with van der Waals surface area (Å²) in [6.45, 7) is 4.53. The lowest BCUT2D eigenvalue weighted by molar-refractivity contribution is -0.138. The van der Waals surface area contributed by atoms with E-state index in [1.165, 1.54) is 6.07 Å². The molecule has 0 N–H and O–H groups in total. The van der Waals surface area contributed by atoms with Crippen molar-refractivity contribution in [2.45, 2.75) is 51.6 Å². The van der Waals surface area contributed by atoms with Crippen LogP contribution in [0.1, 0.15) is 50.4 Å². The largest absolute Gasteiger partial charge is 0.416 e. The second kappa shape index (κ2) is 9.47. The molecule has 2 aromatic heterocycles. The topological polar surface area (TPSA) is 75.4 Å². The molecule has 0 unspecified atom stereocenters. The van der Waals surface area contributed by atoms with Crippen molar-refractivity contribution in [3.8, 4) is 11.3 Å². The maximum absolute atomic E-state index is 13.4. The number of anilines is 1. The molecule has 3 aromatic rings. The third kappa shape index (κ3) is 4.70. The van der Waals surface area contributed by atoms with Gasteiger partial charge < -0.3 is 14.3 Å². The number of aryl methyl sites for hydroxylation is 1. The van der Waals surface area contributed by atoms with Gasteiger partial charge in [-0.3, -0.25) is 4.79 Å². The summed E-state index contributed by atoms with van der Waals surface area (Å²) in [6, 6.07) is 5.05. The Morgan fingerprint density at radius 2 is 1.94 bits per heavy atom. The maximum Gasteiger partial charge on any atom is 0.416 e. The molecule has 0 atom stereocenters. The number of amides is 1. The first-order valence-electron chi connectivity index (χ1n) is 12.2. The van der Waals surface area contributed by atoms with Crippen LogP contribution in [0.4, 0.5) is 19.0 Å². The summed E-state index contributed by atoms with van der Waals surface area (Å²) < 4.78 is 45.6. The molecule has 35 heavy (non-hydrogen) atoms. The Hall–Kier alpha value is -3.17. The van der Waals surface area contributed by atoms with Gasteiger partial charge in [0.2, 0.25) is 5.91 Å². The van der Waals surface area contributed by atoms with Crippen molar-refractivity contribution >= 4 is 22.8 Å². The first-order chi connectivity index (χ1) is 16.8. The average molecular weight is 488 g/mol. The van der Waals surface area contributed by atoms with Crippen LogP contribution in [0.5, 0.6) is 0 Å². The Morgan fingerprint density at radius 1 is 1.11 bits per heavy atom. The Morgan fingerprint density at radius 3 is 2.66 bits per heavy atom. The van der Waals surface area contributed by atoms with Gasteiger partial charge in [-0.25, -0.2) is 4.98 Å². The van der Waals surface area contributed by atoms with Crippen LogP contribution >= 0.6 is 0 Å². The molecule has 1 aliphatic heterocycles. The van der Waals surface area contributed by atoms with E-state index >= 15 is 0 Å². The summed E-state index contributed by atoms with van der Waals surface area (Å²) in [7, 11) is 0. The molecule has 1 amide bonds. The van der Waals surface area contributed by atoms with Crippen LogP contribution < -0.4 is 4.90 Å². The molecular formula is C25H28F3N5O2. The lowest BCUT2D eigenvalue weighted by atomic mass is 9.84. The Kier molecular flexibility index (Phi) is 6.37. The van der Waals surface area contributed by atoms with Gasteiger partial charge in [-0.2, -0.15) is 18.2 Å². The molecule has 1 aliphatic carbocycles. The van der Waals surface area contributed by atoms with Crippen LogP contribution in [0.25, 0.3) is 22.4 Å². The van der Waals surface area contributed by atoms with Gasteiger partial charge in [0.25, 0.3) is 5.71 Å². The highest BCUT2D eigenvalue weighted by Crippen LogP contribution is 2.37. The van der Waals surface area contributed by atoms with Gasteiger partial charge in [0.1, 0.15) is 22.7 Å². The smallest absolute Gasteiger partial charge is 0.354 e. The van der Waals surface area contributed by atoms with Gasteiger partial charge >= 0.3 is 6.18 Å². The summed E-state index contributed by atoms with van der Waals surface area (Å²) in [4.78, 5) is 26.1. The van der Waals surface area contributed by atoms with Crippen LogP contribution in [-0.4, -0.2) is 52.1 Å². The molecule has 5 rings (SSSR count). The van der Waals surface area contributed by atoms with E-state index in [1.54, 1.807) is 6.07 Å². The van der Waals surface area contributed by atoms with Crippen molar-refractivity contribution in [2.24, 2.45) is 5.92 Å². The minimum absolute atomic E-state index is 0.147. The predicted octanol–water partition coefficient (Wildman–Crippen LogP) is 5.09. The second-order valence-corrected chi connectivity index (χ2v) is 9.30. The molecule has 1 saturated carbocycles. The second-order valence-electron chi connectivity index (χ2n) is 9.30. The number of hydrogen-bond donors (Lipinski definition) is 0. The van der Waals surface area contributed by atoms with E-state index in [0.29, 0.717) is 55.2 Å². The summed E-state index contributed by atoms with van der Waals surface area (Å²) in [5.41, 5.74) is 0.0905. The Bertz CT molecular complexity index is 1220. The summed E-state index contributed by atoms with van der Waals surface area (Å²) in [5.74, 6) is 1.58. The zero-order valence-corrected chi connectivity index (χ0v) is 19.6. The van der Waals surface area contributed by atoms with Crippen molar-refractivity contribution in [1.82, 2.24) is 20.0 Å². The van der Waals surface area contributed by atoms with Crippen LogP contribution in [0, 0.1) is 5.92 Å². The minimum atomic E-state index is -4.47. The fourth-order valence-corrected chi connectivity index (χ4v) is 4.75. The first kappa shape index (κ1) is 23.6. The van der Waals surface area contributed by atoms with Crippen molar-refractivity contribution < 1.29 is 22.5 Å². The molecule has 7 nitrogen and oxygen atoms in total. The first-order valence-corrected chi connectivity index (χ1v) is 12.2. The minimum Gasteiger partial charge on any atom is -0.354 e. The highest BCUT2D eigenvalue weighted by molar-refractivity contribution is 5.98. The van der Waals surface area contributed by atoms with Crippen molar-refractivity contribution in [3.05, 3.63) is 35.7 Å². The van der Waals surface area contributed by atoms with Gasteiger partial charge in [-0.05, 0) is 37.8 Å². The molecule has 1 saturated heterocycles. The molecule has 0 bridgehead atoms. The average Bonchev–Trinajstić information content (AvgIpc) is 3.06. The van der Waals surface area contributed by atoms with E-state index in [0.717, 1.165) is 44.2 Å². The molecule has 186 valence electrons. The normalized spacial score (nSPS) is 17.5. The monoisotopic (exact) mass is 487 g/mol. The van der Waals surface area contributed by atoms with Crippen molar-refractivity contribution in [2.75, 3.05) is 31.1 Å². The van der Waals surface area contributed by atoms with Crippen molar-refractivity contribution in [3.63, 3.8) is 0 Å². The van der Waals surface area contributed by atoms with E-state index in [1.807, 2.05) is 11.8 Å². The number of rotatable bonds is 5. The van der Waals surface area contributed by atoms with E-state index in [4.69, 9.17) is 9.51 Å². The predicted molar refractivity (Wildman–Crippen MR) is 125 cm³/mol. The number of carbonyl (C=O) groups excluding carboxylic acids is 1. The molecule has 0 spiro atoms. The lowest BCUT2D eigenvalue weighted by Crippen LogP contribution is -2.41. The SMILES string of the molecule is CCCc1nc(N2CCCN(C(=O)C3CCC3)CC2)c2c(-c3cccc(C(F)(F)F)c3)noc2n1. The zero-order chi connectivity index (χ0) is 24.6. The third-order valence-corrected chi connectivity index (χ3v) is 6.86. The van der Waals surface area contributed by atoms with Crippen LogP contribution in [0.2, 0.25) is 0 Å². The number of benzene rings is 1. The Labute approximate surface area is 201 Å². The highest BCUT2D eigenvalue weighted by atomic mass is 19.4. The number of alkyl halides is 3. The standard InChI is InChI=1S/C25H28F3N5O2/c1-2-6-19-29-22(32-11-5-12-33(14-13-32)24(34)16-7-3-8-16)20-21(31-35-23(20)30-19)17-9-4-10-18(15-17)25(26,27)28/h4,9-10,15-16H,2-3,5-8,11-14H2,1H3. The van der Waals surface area contributed by atoms with Crippen LogP contribution in [-0.2, 0) is 17.4 Å². The van der Waals surface area contributed by atoms with Crippen molar-refractivity contribution in [1.29, 1.82) is 0 Å². The van der Waals surface area contributed by atoms with Crippen LogP contribution in [0.15, 0.2) is 28.8 Å². The van der Waals surface area contributed by atoms with E-state index in [-0.39, 0.29) is 23.2 Å². The van der Waals surface area contributed by atoms with E-state index < -0.39 is 11.7 Å². The Balaban J connectivity index is 1.53. The maximum atomic E-state index is 13.4. The number of carbonyl (C=O) groups is 1.